The molecule has 6 nitrogen and oxygen atoms in total. The van der Waals surface area contributed by atoms with Gasteiger partial charge < -0.3 is 5.11 Å². The minimum Gasteiger partial charge on any atom is -0.507 e. The van der Waals surface area contributed by atoms with Gasteiger partial charge in [-0.1, -0.05) is 90.1 Å². The van der Waals surface area contributed by atoms with Gasteiger partial charge in [0.05, 0.1) is 18.3 Å². The number of carbonyl (C=O) groups excluding carboxylic acids is 2. The first-order chi connectivity index (χ1) is 17.9. The predicted molar refractivity (Wildman–Crippen MR) is 148 cm³/mol. The van der Waals surface area contributed by atoms with Crippen molar-refractivity contribution in [3.8, 4) is 5.75 Å². The third-order valence-corrected chi connectivity index (χ3v) is 7.49. The molecule has 0 aromatic heterocycles. The Balaban J connectivity index is 1.65. The number of hydrogen-bond donors (Lipinski definition) is 1. The van der Waals surface area contributed by atoms with E-state index in [4.69, 9.17) is 4.84 Å². The third-order valence-electron chi connectivity index (χ3n) is 7.49. The smallest absolute Gasteiger partial charge is 0.262 e. The second-order valence-corrected chi connectivity index (χ2v) is 12.4. The maximum Gasteiger partial charge on any atom is 0.262 e. The van der Waals surface area contributed by atoms with Crippen molar-refractivity contribution in [2.24, 2.45) is 5.92 Å². The highest BCUT2D eigenvalue weighted by Crippen LogP contribution is 2.49. The van der Waals surface area contributed by atoms with Crippen LogP contribution in [0.1, 0.15) is 69.8 Å². The molecule has 2 amide bonds. The van der Waals surface area contributed by atoms with E-state index in [1.54, 1.807) is 5.06 Å². The number of fused-ring (bicyclic) bond motifs is 1. The Morgan fingerprint density at radius 2 is 1.32 bits per heavy atom. The van der Waals surface area contributed by atoms with Gasteiger partial charge in [0, 0.05) is 0 Å². The number of carbonyl (C=O) groups is 2. The van der Waals surface area contributed by atoms with Crippen molar-refractivity contribution < 1.29 is 19.5 Å². The molecule has 2 saturated heterocycles. The number of likely N-dealkylation sites (tertiary alicyclic amines) is 1. The van der Waals surface area contributed by atoms with E-state index in [2.05, 4.69) is 41.5 Å². The van der Waals surface area contributed by atoms with E-state index < -0.39 is 18.1 Å². The van der Waals surface area contributed by atoms with Crippen LogP contribution in [0.3, 0.4) is 0 Å². The number of phenolic OH excluding ortho intramolecular Hbond substituents is 1. The lowest BCUT2D eigenvalue weighted by Crippen LogP contribution is -2.37. The maximum atomic E-state index is 13.9. The molecule has 0 radical (unpaired) electrons. The van der Waals surface area contributed by atoms with E-state index in [0.717, 1.165) is 27.9 Å². The van der Waals surface area contributed by atoms with Crippen molar-refractivity contribution in [2.75, 3.05) is 5.06 Å². The molecule has 2 aliphatic heterocycles. The minimum absolute atomic E-state index is 0.211. The second-order valence-electron chi connectivity index (χ2n) is 12.4. The second kappa shape index (κ2) is 9.28. The first-order valence-corrected chi connectivity index (χ1v) is 13.2. The summed E-state index contributed by atoms with van der Waals surface area (Å²) in [6.45, 7) is 12.6. The van der Waals surface area contributed by atoms with Crippen molar-refractivity contribution in [2.45, 2.75) is 71.1 Å². The molecule has 3 atom stereocenters. The van der Waals surface area contributed by atoms with Gasteiger partial charge in [-0.2, -0.15) is 0 Å². The molecule has 0 saturated carbocycles. The number of rotatable bonds is 4. The van der Waals surface area contributed by atoms with Crippen molar-refractivity contribution in [3.63, 3.8) is 0 Å². The van der Waals surface area contributed by atoms with Crippen LogP contribution in [0.25, 0.3) is 0 Å². The van der Waals surface area contributed by atoms with Crippen LogP contribution < -0.4 is 5.06 Å². The number of benzene rings is 3. The summed E-state index contributed by atoms with van der Waals surface area (Å²) in [6.07, 6.45) is -0.915. The zero-order valence-corrected chi connectivity index (χ0v) is 22.9. The Morgan fingerprint density at radius 3 is 1.84 bits per heavy atom. The molecule has 0 aliphatic carbocycles. The van der Waals surface area contributed by atoms with Gasteiger partial charge in [0.25, 0.3) is 5.91 Å². The average molecular weight is 513 g/mol. The molecule has 1 N–H and O–H groups in total. The highest BCUT2D eigenvalue weighted by molar-refractivity contribution is 6.07. The largest absolute Gasteiger partial charge is 0.507 e. The van der Waals surface area contributed by atoms with E-state index in [1.165, 1.54) is 4.90 Å². The van der Waals surface area contributed by atoms with E-state index in [-0.39, 0.29) is 34.9 Å². The van der Waals surface area contributed by atoms with Crippen LogP contribution >= 0.6 is 0 Å². The fourth-order valence-electron chi connectivity index (χ4n) is 5.50. The van der Waals surface area contributed by atoms with E-state index >= 15 is 0 Å². The van der Waals surface area contributed by atoms with Crippen molar-refractivity contribution in [1.29, 1.82) is 0 Å². The lowest BCUT2D eigenvalue weighted by Gasteiger charge is -2.33. The predicted octanol–water partition coefficient (Wildman–Crippen LogP) is 6.03. The highest BCUT2D eigenvalue weighted by atomic mass is 16.7. The summed E-state index contributed by atoms with van der Waals surface area (Å²) in [6, 6.07) is 22.5. The number of nitrogens with zero attached hydrogens (tertiary/aromatic N) is 2. The number of amides is 2. The zero-order valence-electron chi connectivity index (χ0n) is 22.9. The van der Waals surface area contributed by atoms with Crippen LogP contribution in [0.4, 0.5) is 5.69 Å². The van der Waals surface area contributed by atoms with Crippen molar-refractivity contribution in [1.82, 2.24) is 4.90 Å². The summed E-state index contributed by atoms with van der Waals surface area (Å²) in [5.41, 5.74) is 3.42. The Kier molecular flexibility index (Phi) is 6.35. The average Bonchev–Trinajstić information content (AvgIpc) is 3.36. The third kappa shape index (κ3) is 4.47. The number of hydrogen-bond acceptors (Lipinski definition) is 5. The Hall–Kier alpha value is -3.64. The van der Waals surface area contributed by atoms with Crippen molar-refractivity contribution in [3.05, 3.63) is 95.1 Å². The summed E-state index contributed by atoms with van der Waals surface area (Å²) in [5.74, 6) is -1.00. The zero-order chi connectivity index (χ0) is 27.4. The Bertz CT molecular complexity index is 1320. The molecule has 2 fully saturated rings. The SMILES string of the molecule is CC(C)(C)c1cc([C@@H]2[C@@H]3C(=O)N(Cc4ccccc4)C(=O)[C@@H]3ON2c2ccccc2)cc(C(C)(C)C)c1O. The summed E-state index contributed by atoms with van der Waals surface area (Å²) in [5, 5.41) is 13.0. The lowest BCUT2D eigenvalue weighted by molar-refractivity contribution is -0.143. The summed E-state index contributed by atoms with van der Waals surface area (Å²) < 4.78 is 0. The Morgan fingerprint density at radius 1 is 0.789 bits per heavy atom. The van der Waals surface area contributed by atoms with Gasteiger partial charge in [-0.15, -0.1) is 0 Å². The van der Waals surface area contributed by atoms with E-state index in [0.29, 0.717) is 0 Å². The van der Waals surface area contributed by atoms with Crippen LogP contribution in [0.5, 0.6) is 5.75 Å². The molecular formula is C32H36N2O4. The molecule has 6 heteroatoms. The summed E-state index contributed by atoms with van der Waals surface area (Å²) in [4.78, 5) is 35.2. The molecule has 5 rings (SSSR count). The van der Waals surface area contributed by atoms with Crippen molar-refractivity contribution >= 4 is 17.5 Å². The number of anilines is 1. The first-order valence-electron chi connectivity index (χ1n) is 13.2. The standard InChI is InChI=1S/C32H36N2O4/c1-31(2,3)23-17-21(18-24(27(23)35)32(4,5)6)26-25-28(38-34(26)22-15-11-8-12-16-22)30(37)33(29(25)36)19-20-13-9-7-10-14-20/h7-18,25-26,28,35H,19H2,1-6H3/t25-,26+,28+/m0/s1. The van der Waals surface area contributed by atoms with Crippen LogP contribution in [0.2, 0.25) is 0 Å². The number of imide groups is 1. The van der Waals surface area contributed by atoms with Gasteiger partial charge in [0.2, 0.25) is 5.91 Å². The number of phenols is 1. The monoisotopic (exact) mass is 512 g/mol. The highest BCUT2D eigenvalue weighted by Gasteiger charge is 2.60. The van der Waals surface area contributed by atoms with Crippen LogP contribution in [-0.2, 0) is 31.8 Å². The van der Waals surface area contributed by atoms with Crippen LogP contribution in [0.15, 0.2) is 72.8 Å². The quantitative estimate of drug-likeness (QED) is 0.432. The van der Waals surface area contributed by atoms with Gasteiger partial charge in [-0.05, 0) is 57.3 Å². The first kappa shape index (κ1) is 26.0. The summed E-state index contributed by atoms with van der Waals surface area (Å²) >= 11 is 0. The minimum atomic E-state index is -0.915. The normalized spacial score (nSPS) is 21.8. The number of para-hydroxylation sites is 1. The molecule has 0 bridgehead atoms. The van der Waals surface area contributed by atoms with Gasteiger partial charge in [0.1, 0.15) is 11.7 Å². The molecule has 2 heterocycles. The van der Waals surface area contributed by atoms with Gasteiger partial charge in [-0.3, -0.25) is 19.3 Å². The summed E-state index contributed by atoms with van der Waals surface area (Å²) in [7, 11) is 0. The molecule has 198 valence electrons. The Labute approximate surface area is 224 Å². The number of hydroxylamine groups is 1. The molecule has 38 heavy (non-hydrogen) atoms. The van der Waals surface area contributed by atoms with Gasteiger partial charge >= 0.3 is 0 Å². The molecule has 0 spiro atoms. The van der Waals surface area contributed by atoms with E-state index in [9.17, 15) is 14.7 Å². The molecule has 0 unspecified atom stereocenters. The molecule has 3 aromatic carbocycles. The van der Waals surface area contributed by atoms with Gasteiger partial charge in [-0.25, -0.2) is 5.06 Å². The topological polar surface area (TPSA) is 70.1 Å². The molecule has 2 aliphatic rings. The van der Waals surface area contributed by atoms with Gasteiger partial charge in [0.15, 0.2) is 6.10 Å². The molecule has 3 aromatic rings. The number of aromatic hydroxyl groups is 1. The molecular weight excluding hydrogens is 476 g/mol. The fraction of sp³-hybridized carbons (Fsp3) is 0.375. The lowest BCUT2D eigenvalue weighted by atomic mass is 9.76. The van der Waals surface area contributed by atoms with Crippen LogP contribution in [-0.4, -0.2) is 27.9 Å². The fourth-order valence-corrected chi connectivity index (χ4v) is 5.50. The van der Waals surface area contributed by atoms with Crippen LogP contribution in [0, 0.1) is 5.92 Å². The maximum absolute atomic E-state index is 13.9. The van der Waals surface area contributed by atoms with E-state index in [1.807, 2.05) is 72.8 Å².